The fourth-order valence-electron chi connectivity index (χ4n) is 1.18. The van der Waals surface area contributed by atoms with E-state index in [1.165, 1.54) is 0 Å². The van der Waals surface area contributed by atoms with E-state index in [4.69, 9.17) is 21.1 Å². The van der Waals surface area contributed by atoms with Gasteiger partial charge in [0, 0.05) is 6.42 Å². The average Bonchev–Trinajstić information content (AvgIpc) is 2.12. The molecule has 15 heavy (non-hydrogen) atoms. The second-order valence-corrected chi connectivity index (χ2v) is 3.40. The molecule has 7 heteroatoms. The normalized spacial score (nSPS) is 16.7. The van der Waals surface area contributed by atoms with Crippen LogP contribution in [-0.2, 0) is 9.59 Å². The molecule has 0 aromatic rings. The van der Waals surface area contributed by atoms with E-state index >= 15 is 0 Å². The van der Waals surface area contributed by atoms with Gasteiger partial charge in [0.1, 0.15) is 0 Å². The highest BCUT2D eigenvalue weighted by Crippen LogP contribution is 2.19. The van der Waals surface area contributed by atoms with Gasteiger partial charge in [-0.15, -0.1) is 0 Å². The Kier molecular flexibility index (Phi) is 5.20. The summed E-state index contributed by atoms with van der Waals surface area (Å²) in [4.78, 5) is 20.8. The smallest absolute Gasteiger partial charge is 0.305 e. The van der Waals surface area contributed by atoms with Crippen molar-refractivity contribution in [1.29, 1.82) is 0 Å². The molecule has 0 aromatic carbocycles. The Morgan fingerprint density at radius 1 is 1.27 bits per heavy atom. The summed E-state index contributed by atoms with van der Waals surface area (Å²) in [7, 11) is 0. The van der Waals surface area contributed by atoms with Crippen LogP contribution in [0.1, 0.15) is 19.3 Å². The number of aliphatic hydroxyl groups is 2. The number of aliphatic carboxylic acids is 2. The standard InChI is InChI=1S/C8H15NO6/c9-8(3-7(14)15,5(11)4-10)2-1-6(12)13/h5,10-11H,1-4,9H2,(H,12,13)(H,14,15). The van der Waals surface area contributed by atoms with Crippen LogP contribution in [0, 0.1) is 0 Å². The third-order valence-corrected chi connectivity index (χ3v) is 2.12. The summed E-state index contributed by atoms with van der Waals surface area (Å²) in [6.45, 7) is -0.705. The van der Waals surface area contributed by atoms with E-state index < -0.39 is 36.6 Å². The fraction of sp³-hybridized carbons (Fsp3) is 0.750. The highest BCUT2D eigenvalue weighted by molar-refractivity contribution is 5.69. The van der Waals surface area contributed by atoms with Gasteiger partial charge in [-0.3, -0.25) is 9.59 Å². The summed E-state index contributed by atoms with van der Waals surface area (Å²) in [6, 6.07) is 0. The maximum atomic E-state index is 10.5. The topological polar surface area (TPSA) is 141 Å². The first-order valence-corrected chi connectivity index (χ1v) is 4.33. The molecule has 0 saturated carbocycles. The Labute approximate surface area is 86.1 Å². The maximum absolute atomic E-state index is 10.5. The van der Waals surface area contributed by atoms with Crippen molar-refractivity contribution in [2.24, 2.45) is 5.73 Å². The number of hydrogen-bond donors (Lipinski definition) is 5. The van der Waals surface area contributed by atoms with Gasteiger partial charge in [0.2, 0.25) is 0 Å². The van der Waals surface area contributed by atoms with Crippen LogP contribution in [0.3, 0.4) is 0 Å². The van der Waals surface area contributed by atoms with Crippen molar-refractivity contribution < 1.29 is 30.0 Å². The van der Waals surface area contributed by atoms with Crippen LogP contribution in [-0.4, -0.2) is 50.6 Å². The molecular formula is C8H15NO6. The molecule has 0 fully saturated rings. The largest absolute Gasteiger partial charge is 0.481 e. The van der Waals surface area contributed by atoms with E-state index in [1.807, 2.05) is 0 Å². The summed E-state index contributed by atoms with van der Waals surface area (Å²) in [5.74, 6) is -2.39. The molecule has 0 aliphatic rings. The Morgan fingerprint density at radius 2 is 1.80 bits per heavy atom. The molecule has 7 nitrogen and oxygen atoms in total. The van der Waals surface area contributed by atoms with E-state index in [0.717, 1.165) is 0 Å². The van der Waals surface area contributed by atoms with Crippen LogP contribution in [0.2, 0.25) is 0 Å². The quantitative estimate of drug-likeness (QED) is 0.347. The summed E-state index contributed by atoms with van der Waals surface area (Å²) >= 11 is 0. The number of rotatable bonds is 7. The minimum Gasteiger partial charge on any atom is -0.481 e. The highest BCUT2D eigenvalue weighted by atomic mass is 16.4. The van der Waals surface area contributed by atoms with Gasteiger partial charge in [-0.2, -0.15) is 0 Å². The Bertz CT molecular complexity index is 243. The fourth-order valence-corrected chi connectivity index (χ4v) is 1.18. The lowest BCUT2D eigenvalue weighted by Crippen LogP contribution is -2.54. The van der Waals surface area contributed by atoms with E-state index in [2.05, 4.69) is 0 Å². The van der Waals surface area contributed by atoms with Gasteiger partial charge in [-0.1, -0.05) is 0 Å². The zero-order valence-corrected chi connectivity index (χ0v) is 8.09. The van der Waals surface area contributed by atoms with Crippen molar-refractivity contribution in [3.05, 3.63) is 0 Å². The van der Waals surface area contributed by atoms with Crippen LogP contribution < -0.4 is 5.73 Å². The lowest BCUT2D eigenvalue weighted by Gasteiger charge is -2.31. The average molecular weight is 221 g/mol. The monoisotopic (exact) mass is 221 g/mol. The number of carboxylic acids is 2. The van der Waals surface area contributed by atoms with Crippen molar-refractivity contribution in [2.45, 2.75) is 30.9 Å². The molecule has 0 rings (SSSR count). The summed E-state index contributed by atoms with van der Waals surface area (Å²) < 4.78 is 0. The first-order valence-electron chi connectivity index (χ1n) is 4.33. The van der Waals surface area contributed by atoms with Crippen molar-refractivity contribution in [2.75, 3.05) is 6.61 Å². The van der Waals surface area contributed by atoms with E-state index in [1.54, 1.807) is 0 Å². The van der Waals surface area contributed by atoms with Gasteiger partial charge in [-0.25, -0.2) is 0 Å². The van der Waals surface area contributed by atoms with Crippen molar-refractivity contribution in [3.63, 3.8) is 0 Å². The highest BCUT2D eigenvalue weighted by Gasteiger charge is 2.36. The molecule has 6 N–H and O–H groups in total. The molecule has 0 saturated heterocycles. The molecule has 2 atom stereocenters. The number of carbonyl (C=O) groups is 2. The van der Waals surface area contributed by atoms with E-state index in [-0.39, 0.29) is 12.8 Å². The number of hydrogen-bond acceptors (Lipinski definition) is 5. The molecule has 0 aliphatic heterocycles. The molecular weight excluding hydrogens is 206 g/mol. The van der Waals surface area contributed by atoms with Gasteiger partial charge in [0.05, 0.1) is 24.7 Å². The summed E-state index contributed by atoms with van der Waals surface area (Å²) in [5, 5.41) is 34.9. The maximum Gasteiger partial charge on any atom is 0.305 e. The van der Waals surface area contributed by atoms with Gasteiger partial charge in [-0.05, 0) is 6.42 Å². The van der Waals surface area contributed by atoms with Crippen molar-refractivity contribution in [3.8, 4) is 0 Å². The Hall–Kier alpha value is -1.18. The minimum atomic E-state index is -1.61. The predicted octanol–water partition coefficient (Wildman–Crippen LogP) is -1.62. The second kappa shape index (κ2) is 5.64. The molecule has 0 aromatic heterocycles. The Morgan fingerprint density at radius 3 is 2.13 bits per heavy atom. The van der Waals surface area contributed by atoms with E-state index in [0.29, 0.717) is 0 Å². The van der Waals surface area contributed by atoms with Crippen LogP contribution >= 0.6 is 0 Å². The molecule has 88 valence electrons. The van der Waals surface area contributed by atoms with Crippen LogP contribution in [0.15, 0.2) is 0 Å². The summed E-state index contributed by atoms with van der Waals surface area (Å²) in [6.07, 6.45) is -2.62. The van der Waals surface area contributed by atoms with Crippen LogP contribution in [0.4, 0.5) is 0 Å². The first-order chi connectivity index (χ1) is 6.81. The summed E-state index contributed by atoms with van der Waals surface area (Å²) in [5.41, 5.74) is 3.94. The lowest BCUT2D eigenvalue weighted by atomic mass is 9.85. The third-order valence-electron chi connectivity index (χ3n) is 2.12. The third kappa shape index (κ3) is 4.73. The molecule has 0 radical (unpaired) electrons. The molecule has 0 bridgehead atoms. The van der Waals surface area contributed by atoms with Gasteiger partial charge in [0.15, 0.2) is 0 Å². The van der Waals surface area contributed by atoms with Crippen molar-refractivity contribution >= 4 is 11.9 Å². The van der Waals surface area contributed by atoms with Gasteiger partial charge < -0.3 is 26.2 Å². The van der Waals surface area contributed by atoms with Crippen LogP contribution in [0.25, 0.3) is 0 Å². The van der Waals surface area contributed by atoms with Crippen LogP contribution in [0.5, 0.6) is 0 Å². The minimum absolute atomic E-state index is 0.212. The van der Waals surface area contributed by atoms with E-state index in [9.17, 15) is 14.7 Å². The molecule has 0 aliphatic carbocycles. The molecule has 0 heterocycles. The number of aliphatic hydroxyl groups excluding tert-OH is 2. The SMILES string of the molecule is NC(CCC(=O)O)(CC(=O)O)C(O)CO. The first kappa shape index (κ1) is 13.8. The number of nitrogens with two attached hydrogens (primary N) is 1. The van der Waals surface area contributed by atoms with Crippen molar-refractivity contribution in [1.82, 2.24) is 0 Å². The second-order valence-electron chi connectivity index (χ2n) is 3.40. The Balaban J connectivity index is 4.53. The molecule has 0 spiro atoms. The van der Waals surface area contributed by atoms with Gasteiger partial charge in [0.25, 0.3) is 0 Å². The van der Waals surface area contributed by atoms with Gasteiger partial charge >= 0.3 is 11.9 Å². The zero-order valence-electron chi connectivity index (χ0n) is 8.09. The predicted molar refractivity (Wildman–Crippen MR) is 49.1 cm³/mol. The zero-order chi connectivity index (χ0) is 12.1. The molecule has 0 amide bonds. The lowest BCUT2D eigenvalue weighted by molar-refractivity contribution is -0.142. The number of carboxylic acid groups (broad SMARTS) is 2. The molecule has 2 unspecified atom stereocenters.